The molecule has 2 aromatic rings. The highest BCUT2D eigenvalue weighted by Crippen LogP contribution is 2.32. The summed E-state index contributed by atoms with van der Waals surface area (Å²) in [6.45, 7) is 3.28. The minimum Gasteiger partial charge on any atom is -0.357 e. The lowest BCUT2D eigenvalue weighted by molar-refractivity contribution is -0.138. The number of halogens is 5. The van der Waals surface area contributed by atoms with E-state index >= 15 is 0 Å². The van der Waals surface area contributed by atoms with Gasteiger partial charge in [0.2, 0.25) is 0 Å². The molecule has 2 N–H and O–H groups in total. The summed E-state index contributed by atoms with van der Waals surface area (Å²) in [6, 6.07) is 4.39. The predicted molar refractivity (Wildman–Crippen MR) is 102 cm³/mol. The summed E-state index contributed by atoms with van der Waals surface area (Å²) >= 11 is 0. The number of nitrogens with one attached hydrogen (secondary N) is 2. The van der Waals surface area contributed by atoms with Crippen molar-refractivity contribution in [2.75, 3.05) is 13.1 Å². The zero-order chi connectivity index (χ0) is 18.3. The fraction of sp³-hybridized carbons (Fsp3) is 0.375. The van der Waals surface area contributed by atoms with Gasteiger partial charge in [0.1, 0.15) is 5.82 Å². The highest BCUT2D eigenvalue weighted by molar-refractivity contribution is 14.0. The molecule has 1 heterocycles. The average Bonchev–Trinajstić information content (AvgIpc) is 3.06. The van der Waals surface area contributed by atoms with E-state index in [1.54, 1.807) is 23.1 Å². The van der Waals surface area contributed by atoms with E-state index in [0.29, 0.717) is 31.7 Å². The van der Waals surface area contributed by atoms with E-state index in [0.717, 1.165) is 12.1 Å². The van der Waals surface area contributed by atoms with Crippen LogP contribution in [0.1, 0.15) is 18.1 Å². The minimum absolute atomic E-state index is 0. The molecule has 0 amide bonds. The molecule has 0 unspecified atom stereocenters. The second kappa shape index (κ2) is 10.3. The van der Waals surface area contributed by atoms with Crippen LogP contribution in [0.4, 0.5) is 17.6 Å². The van der Waals surface area contributed by atoms with E-state index in [2.05, 4.69) is 20.7 Å². The van der Waals surface area contributed by atoms with E-state index in [4.69, 9.17) is 0 Å². The van der Waals surface area contributed by atoms with Crippen LogP contribution < -0.4 is 10.6 Å². The van der Waals surface area contributed by atoms with Crippen LogP contribution in [0, 0.1) is 5.82 Å². The van der Waals surface area contributed by atoms with Crippen LogP contribution in [0.2, 0.25) is 0 Å². The Hall–Kier alpha value is -1.85. The fourth-order valence-electron chi connectivity index (χ4n) is 2.18. The zero-order valence-electron chi connectivity index (χ0n) is 14.1. The Kier molecular flexibility index (Phi) is 8.82. The maximum absolute atomic E-state index is 13.1. The molecule has 0 fully saturated rings. The van der Waals surface area contributed by atoms with Crippen LogP contribution in [-0.4, -0.2) is 28.8 Å². The molecule has 0 aliphatic carbocycles. The molecule has 1 aromatic heterocycles. The predicted octanol–water partition coefficient (Wildman–Crippen LogP) is 3.41. The molecule has 0 spiro atoms. The first-order chi connectivity index (χ1) is 11.9. The Morgan fingerprint density at radius 2 is 2.04 bits per heavy atom. The van der Waals surface area contributed by atoms with E-state index in [1.807, 2.05) is 6.92 Å². The zero-order valence-corrected chi connectivity index (χ0v) is 16.4. The van der Waals surface area contributed by atoms with Crippen LogP contribution >= 0.6 is 24.0 Å². The van der Waals surface area contributed by atoms with Gasteiger partial charge in [-0.2, -0.15) is 18.3 Å². The van der Waals surface area contributed by atoms with Crippen molar-refractivity contribution in [2.24, 2.45) is 4.99 Å². The van der Waals surface area contributed by atoms with Gasteiger partial charge in [-0.1, -0.05) is 6.07 Å². The Labute approximate surface area is 165 Å². The van der Waals surface area contributed by atoms with Gasteiger partial charge in [0.25, 0.3) is 0 Å². The number of hydrogen-bond acceptors (Lipinski definition) is 2. The highest BCUT2D eigenvalue weighted by atomic mass is 127. The molecule has 144 valence electrons. The molecule has 0 atom stereocenters. The van der Waals surface area contributed by atoms with Crippen molar-refractivity contribution < 1.29 is 17.6 Å². The SMILES string of the molecule is CCNC(=NCc1ccc(F)cc1C(F)(F)F)NCCn1cccn1.I. The molecule has 0 saturated heterocycles. The van der Waals surface area contributed by atoms with Gasteiger partial charge in [-0.3, -0.25) is 4.68 Å². The molecule has 2 rings (SSSR count). The second-order valence-corrected chi connectivity index (χ2v) is 5.19. The third-order valence-electron chi connectivity index (χ3n) is 3.32. The molecule has 5 nitrogen and oxygen atoms in total. The normalized spacial score (nSPS) is 11.8. The maximum atomic E-state index is 13.1. The summed E-state index contributed by atoms with van der Waals surface area (Å²) in [5, 5.41) is 10.0. The van der Waals surface area contributed by atoms with E-state index in [-0.39, 0.29) is 36.1 Å². The monoisotopic (exact) mass is 485 g/mol. The number of nitrogens with zero attached hydrogens (tertiary/aromatic N) is 3. The Bertz CT molecular complexity index is 701. The van der Waals surface area contributed by atoms with Crippen molar-refractivity contribution in [3.63, 3.8) is 0 Å². The largest absolute Gasteiger partial charge is 0.416 e. The number of alkyl halides is 3. The lowest BCUT2D eigenvalue weighted by Gasteiger charge is -2.14. The molecule has 26 heavy (non-hydrogen) atoms. The molecule has 0 bridgehead atoms. The van der Waals surface area contributed by atoms with Gasteiger partial charge in [-0.25, -0.2) is 9.38 Å². The number of hydrogen-bond donors (Lipinski definition) is 2. The molecule has 1 aromatic carbocycles. The summed E-state index contributed by atoms with van der Waals surface area (Å²) in [4.78, 5) is 4.15. The van der Waals surface area contributed by atoms with Crippen LogP contribution in [-0.2, 0) is 19.3 Å². The van der Waals surface area contributed by atoms with Gasteiger partial charge in [-0.15, -0.1) is 24.0 Å². The van der Waals surface area contributed by atoms with Crippen LogP contribution in [0.5, 0.6) is 0 Å². The Morgan fingerprint density at radius 3 is 2.65 bits per heavy atom. The van der Waals surface area contributed by atoms with Crippen molar-refractivity contribution in [2.45, 2.75) is 26.2 Å². The van der Waals surface area contributed by atoms with Gasteiger partial charge in [0.15, 0.2) is 5.96 Å². The van der Waals surface area contributed by atoms with Crippen molar-refractivity contribution in [3.05, 3.63) is 53.6 Å². The molecular formula is C16H20F4IN5. The topological polar surface area (TPSA) is 54.2 Å². The van der Waals surface area contributed by atoms with Gasteiger partial charge in [0.05, 0.1) is 18.7 Å². The second-order valence-electron chi connectivity index (χ2n) is 5.19. The third-order valence-corrected chi connectivity index (χ3v) is 3.32. The Balaban J connectivity index is 0.00000338. The minimum atomic E-state index is -4.63. The number of aromatic nitrogens is 2. The number of guanidine groups is 1. The maximum Gasteiger partial charge on any atom is 0.416 e. The van der Waals surface area contributed by atoms with E-state index < -0.39 is 17.6 Å². The Morgan fingerprint density at radius 1 is 1.27 bits per heavy atom. The van der Waals surface area contributed by atoms with Gasteiger partial charge in [0, 0.05) is 25.5 Å². The van der Waals surface area contributed by atoms with Crippen molar-refractivity contribution >= 4 is 29.9 Å². The summed E-state index contributed by atoms with van der Waals surface area (Å²) < 4.78 is 53.9. The summed E-state index contributed by atoms with van der Waals surface area (Å²) in [7, 11) is 0. The van der Waals surface area contributed by atoms with Gasteiger partial charge < -0.3 is 10.6 Å². The van der Waals surface area contributed by atoms with Gasteiger partial charge >= 0.3 is 6.18 Å². The van der Waals surface area contributed by atoms with E-state index in [1.165, 1.54) is 0 Å². The standard InChI is InChI=1S/C16H19F4N5.HI/c1-2-21-15(22-7-9-25-8-3-6-24-25)23-11-12-4-5-13(17)10-14(12)16(18,19)20;/h3-6,8,10H,2,7,9,11H2,1H3,(H2,21,22,23);1H. The van der Waals surface area contributed by atoms with Crippen molar-refractivity contribution in [3.8, 4) is 0 Å². The first-order valence-corrected chi connectivity index (χ1v) is 7.75. The molecule has 0 saturated carbocycles. The number of aliphatic imine (C=N–C) groups is 1. The van der Waals surface area contributed by atoms with Crippen LogP contribution in [0.15, 0.2) is 41.7 Å². The molecular weight excluding hydrogens is 465 g/mol. The number of rotatable bonds is 6. The van der Waals surface area contributed by atoms with Crippen molar-refractivity contribution in [1.29, 1.82) is 0 Å². The lowest BCUT2D eigenvalue weighted by atomic mass is 10.1. The lowest BCUT2D eigenvalue weighted by Crippen LogP contribution is -2.38. The quantitative estimate of drug-likeness (QED) is 0.286. The molecule has 10 heteroatoms. The summed E-state index contributed by atoms with van der Waals surface area (Å²) in [5.41, 5.74) is -1.10. The highest BCUT2D eigenvalue weighted by Gasteiger charge is 2.33. The first kappa shape index (κ1) is 22.2. The molecule has 0 aliphatic heterocycles. The van der Waals surface area contributed by atoms with Crippen molar-refractivity contribution in [1.82, 2.24) is 20.4 Å². The number of benzene rings is 1. The average molecular weight is 485 g/mol. The summed E-state index contributed by atoms with van der Waals surface area (Å²) in [6.07, 6.45) is -1.16. The third kappa shape index (κ3) is 6.81. The van der Waals surface area contributed by atoms with Crippen LogP contribution in [0.25, 0.3) is 0 Å². The molecule has 0 radical (unpaired) electrons. The van der Waals surface area contributed by atoms with E-state index in [9.17, 15) is 17.6 Å². The summed E-state index contributed by atoms with van der Waals surface area (Å²) in [5.74, 6) is -0.545. The smallest absolute Gasteiger partial charge is 0.357 e. The van der Waals surface area contributed by atoms with Crippen LogP contribution in [0.3, 0.4) is 0 Å². The molecule has 0 aliphatic rings. The first-order valence-electron chi connectivity index (χ1n) is 7.75. The fourth-order valence-corrected chi connectivity index (χ4v) is 2.18. The van der Waals surface area contributed by atoms with Gasteiger partial charge in [-0.05, 0) is 30.7 Å².